The molecule has 0 saturated heterocycles. The fraction of sp³-hybridized carbons (Fsp3) is 0.222. The first-order valence-corrected chi connectivity index (χ1v) is 5.72. The predicted molar refractivity (Wildman–Crippen MR) is 59.9 cm³/mol. The molecule has 0 aliphatic heterocycles. The van der Waals surface area contributed by atoms with Crippen LogP contribution in [0.2, 0.25) is 0 Å². The molecule has 6 nitrogen and oxygen atoms in total. The summed E-state index contributed by atoms with van der Waals surface area (Å²) in [6, 6.07) is 7.19. The van der Waals surface area contributed by atoms with E-state index in [-0.39, 0.29) is 4.90 Å². The van der Waals surface area contributed by atoms with Crippen LogP contribution in [0.5, 0.6) is 0 Å². The van der Waals surface area contributed by atoms with Gasteiger partial charge in [0.15, 0.2) is 0 Å². The van der Waals surface area contributed by atoms with Crippen molar-refractivity contribution in [3.05, 3.63) is 30.3 Å². The van der Waals surface area contributed by atoms with Crippen molar-refractivity contribution in [2.24, 2.45) is 11.5 Å². The molecule has 0 radical (unpaired) electrons. The van der Waals surface area contributed by atoms with E-state index < -0.39 is 10.1 Å². The van der Waals surface area contributed by atoms with Gasteiger partial charge in [-0.1, -0.05) is 18.2 Å². The van der Waals surface area contributed by atoms with Gasteiger partial charge >= 0.3 is 5.96 Å². The minimum Gasteiger partial charge on any atom is -0.744 e. The lowest BCUT2D eigenvalue weighted by Crippen LogP contribution is -2.31. The van der Waals surface area contributed by atoms with Crippen molar-refractivity contribution < 1.29 is 17.5 Å². The van der Waals surface area contributed by atoms with Gasteiger partial charge in [0.1, 0.15) is 10.1 Å². The second-order valence-corrected chi connectivity index (χ2v) is 4.47. The number of hydrogen-bond acceptors (Lipinski definition) is 3. The Bertz CT molecular complexity index is 436. The largest absolute Gasteiger partial charge is 0.744 e. The van der Waals surface area contributed by atoms with Crippen LogP contribution in [0.25, 0.3) is 0 Å². The van der Waals surface area contributed by atoms with E-state index in [1.165, 1.54) is 24.3 Å². The van der Waals surface area contributed by atoms with Crippen LogP contribution in [0, 0.1) is 0 Å². The number of nitrogens with zero attached hydrogens (tertiary/aromatic N) is 1. The first-order valence-electron chi connectivity index (χ1n) is 4.31. The summed E-state index contributed by atoms with van der Waals surface area (Å²) in [5.74, 6) is 0.343. The summed E-state index contributed by atoms with van der Waals surface area (Å²) in [5.41, 5.74) is 10.1. The molecule has 1 aromatic carbocycles. The Labute approximate surface area is 94.9 Å². The average Bonchev–Trinajstić information content (AvgIpc) is 2.18. The highest BCUT2D eigenvalue weighted by Gasteiger charge is 1.95. The van der Waals surface area contributed by atoms with Crippen molar-refractivity contribution in [3.63, 3.8) is 0 Å². The van der Waals surface area contributed by atoms with Crippen LogP contribution in [0.4, 0.5) is 0 Å². The summed E-state index contributed by atoms with van der Waals surface area (Å²) in [5, 5.41) is 0. The second kappa shape index (κ2) is 6.09. The Morgan fingerprint density at radius 2 is 1.56 bits per heavy atom. The molecule has 90 valence electrons. The van der Waals surface area contributed by atoms with E-state index >= 15 is 0 Å². The standard InChI is InChI=1S/C6H6O3S.C3H9N3/c7-10(8,9)6-4-2-1-3-5-6;1-6(2)3(4)5/h1-5H,(H,7,8,9);1-2H3,(H3,4,5). The molecule has 0 atom stereocenters. The number of rotatable bonds is 1. The highest BCUT2D eigenvalue weighted by Crippen LogP contribution is 2.04. The zero-order valence-electron chi connectivity index (χ0n) is 9.12. The molecule has 0 aliphatic rings. The van der Waals surface area contributed by atoms with Crippen LogP contribution in [0.1, 0.15) is 0 Å². The smallest absolute Gasteiger partial charge is 0.340 e. The Morgan fingerprint density at radius 1 is 1.19 bits per heavy atom. The lowest BCUT2D eigenvalue weighted by atomic mass is 10.4. The molecule has 1 rings (SSSR count). The normalized spacial score (nSPS) is 9.94. The summed E-state index contributed by atoms with van der Waals surface area (Å²) in [6.45, 7) is 0. The first kappa shape index (κ1) is 14.4. The van der Waals surface area contributed by atoms with Gasteiger partial charge in [-0.15, -0.1) is 0 Å². The summed E-state index contributed by atoms with van der Waals surface area (Å²) in [7, 11) is -0.679. The monoisotopic (exact) mass is 245 g/mol. The summed E-state index contributed by atoms with van der Waals surface area (Å²) < 4.78 is 32.5. The summed E-state index contributed by atoms with van der Waals surface area (Å²) in [6.07, 6.45) is 0. The number of benzene rings is 1. The van der Waals surface area contributed by atoms with Crippen LogP contribution in [-0.2, 0) is 10.1 Å². The summed E-state index contributed by atoms with van der Waals surface area (Å²) >= 11 is 0. The van der Waals surface area contributed by atoms with E-state index in [2.05, 4.69) is 0 Å². The molecule has 0 aliphatic carbocycles. The van der Waals surface area contributed by atoms with Crippen molar-refractivity contribution in [2.45, 2.75) is 4.90 Å². The van der Waals surface area contributed by atoms with Crippen LogP contribution in [0.3, 0.4) is 0 Å². The van der Waals surface area contributed by atoms with Gasteiger partial charge in [-0.25, -0.2) is 8.42 Å². The van der Waals surface area contributed by atoms with E-state index in [0.29, 0.717) is 5.96 Å². The number of hydrogen-bond donors (Lipinski definition) is 2. The molecule has 1 aromatic rings. The van der Waals surface area contributed by atoms with Crippen LogP contribution >= 0.6 is 0 Å². The van der Waals surface area contributed by atoms with Gasteiger partial charge in [0.25, 0.3) is 0 Å². The third-order valence-corrected chi connectivity index (χ3v) is 2.40. The minimum atomic E-state index is -4.25. The van der Waals surface area contributed by atoms with E-state index in [1.54, 1.807) is 24.7 Å². The Balaban J connectivity index is 0.000000325. The maximum atomic E-state index is 10.3. The Kier molecular flexibility index (Phi) is 5.48. The fourth-order valence-corrected chi connectivity index (χ4v) is 1.08. The Morgan fingerprint density at radius 3 is 1.75 bits per heavy atom. The maximum absolute atomic E-state index is 10.3. The minimum absolute atomic E-state index is 0.185. The second-order valence-electron chi connectivity index (χ2n) is 3.09. The van der Waals surface area contributed by atoms with Crippen LogP contribution in [0.15, 0.2) is 35.2 Å². The zero-order chi connectivity index (χ0) is 12.8. The van der Waals surface area contributed by atoms with Gasteiger partial charge in [-0.2, -0.15) is 0 Å². The van der Waals surface area contributed by atoms with Crippen molar-refractivity contribution in [2.75, 3.05) is 14.1 Å². The summed E-state index contributed by atoms with van der Waals surface area (Å²) in [4.78, 5) is -0.185. The molecule has 0 spiro atoms. The van der Waals surface area contributed by atoms with Gasteiger partial charge in [0, 0.05) is 0 Å². The number of guanidine groups is 1. The molecule has 0 heterocycles. The average molecular weight is 245 g/mol. The van der Waals surface area contributed by atoms with Crippen molar-refractivity contribution in [1.82, 2.24) is 0 Å². The third-order valence-electron chi connectivity index (χ3n) is 1.55. The van der Waals surface area contributed by atoms with E-state index in [9.17, 15) is 13.0 Å². The van der Waals surface area contributed by atoms with Gasteiger partial charge in [0.05, 0.1) is 19.0 Å². The quantitative estimate of drug-likeness (QED) is 0.289. The van der Waals surface area contributed by atoms with Crippen molar-refractivity contribution in [3.8, 4) is 0 Å². The molecule has 16 heavy (non-hydrogen) atoms. The van der Waals surface area contributed by atoms with Crippen LogP contribution < -0.4 is 11.5 Å². The lowest BCUT2D eigenvalue weighted by Gasteiger charge is -2.04. The predicted octanol–water partition coefficient (Wildman–Crippen LogP) is -0.877. The van der Waals surface area contributed by atoms with Gasteiger partial charge < -0.3 is 4.55 Å². The molecule has 4 N–H and O–H groups in total. The molecule has 0 saturated carbocycles. The van der Waals surface area contributed by atoms with Gasteiger partial charge in [-0.3, -0.25) is 16.0 Å². The highest BCUT2D eigenvalue weighted by molar-refractivity contribution is 7.85. The SMILES string of the molecule is C[N+](C)=C(N)N.O=S(=O)([O-])c1ccccc1. The van der Waals surface area contributed by atoms with Crippen LogP contribution in [-0.4, -0.2) is 37.6 Å². The lowest BCUT2D eigenvalue weighted by molar-refractivity contribution is -0.466. The molecule has 0 fully saturated rings. The number of nitrogens with two attached hydrogens (primary N) is 2. The van der Waals surface area contributed by atoms with E-state index in [1.807, 2.05) is 0 Å². The van der Waals surface area contributed by atoms with E-state index in [4.69, 9.17) is 11.5 Å². The third kappa shape index (κ3) is 5.99. The van der Waals surface area contributed by atoms with Gasteiger partial charge in [0.2, 0.25) is 0 Å². The zero-order valence-corrected chi connectivity index (χ0v) is 9.94. The molecule has 0 unspecified atom stereocenters. The fourth-order valence-electron chi connectivity index (χ4n) is 0.587. The molecule has 0 bridgehead atoms. The molecule has 0 aromatic heterocycles. The molecule has 7 heteroatoms. The highest BCUT2D eigenvalue weighted by atomic mass is 32.2. The van der Waals surface area contributed by atoms with E-state index in [0.717, 1.165) is 0 Å². The maximum Gasteiger partial charge on any atom is 0.340 e. The van der Waals surface area contributed by atoms with Gasteiger partial charge in [-0.05, 0) is 12.1 Å². The topological polar surface area (TPSA) is 112 Å². The molecule has 0 amide bonds. The van der Waals surface area contributed by atoms with Crippen molar-refractivity contribution >= 4 is 16.1 Å². The first-order chi connectivity index (χ1) is 7.25. The Hall–Kier alpha value is -1.60. The molecular formula is C9H15N3O3S. The molecular weight excluding hydrogens is 230 g/mol. The van der Waals surface area contributed by atoms with Crippen molar-refractivity contribution in [1.29, 1.82) is 0 Å².